The van der Waals surface area contributed by atoms with Crippen LogP contribution < -0.4 is 0 Å². The van der Waals surface area contributed by atoms with E-state index in [1.165, 1.54) is 27.8 Å². The van der Waals surface area contributed by atoms with E-state index in [1.54, 1.807) is 0 Å². The molecule has 3 rings (SSSR count). The van der Waals surface area contributed by atoms with Gasteiger partial charge in [-0.2, -0.15) is 0 Å². The SMILES string of the molecule is C=C1CC(c2ccccc2)=CC=C1c1ccccc1. The van der Waals surface area contributed by atoms with Crippen molar-refractivity contribution in [3.05, 3.63) is 96.1 Å². The number of hydrogen-bond donors (Lipinski definition) is 0. The molecule has 0 heteroatoms. The second-order valence-electron chi connectivity index (χ2n) is 4.78. The van der Waals surface area contributed by atoms with Crippen LogP contribution in [-0.4, -0.2) is 0 Å². The highest BCUT2D eigenvalue weighted by molar-refractivity contribution is 5.88. The van der Waals surface area contributed by atoms with Crippen LogP contribution in [-0.2, 0) is 0 Å². The molecule has 0 saturated heterocycles. The standard InChI is InChI=1S/C19H16/c1-15-14-18(16-8-4-2-5-9-16)12-13-19(15)17-10-6-3-7-11-17/h2-13H,1,14H2. The summed E-state index contributed by atoms with van der Waals surface area (Å²) < 4.78 is 0. The predicted molar refractivity (Wildman–Crippen MR) is 82.6 cm³/mol. The van der Waals surface area contributed by atoms with Crippen molar-refractivity contribution in [1.29, 1.82) is 0 Å². The summed E-state index contributed by atoms with van der Waals surface area (Å²) in [6, 6.07) is 21.0. The Morgan fingerprint density at radius 1 is 0.684 bits per heavy atom. The first kappa shape index (κ1) is 11.7. The summed E-state index contributed by atoms with van der Waals surface area (Å²) in [5, 5.41) is 0. The Hall–Kier alpha value is -2.34. The molecule has 19 heavy (non-hydrogen) atoms. The van der Waals surface area contributed by atoms with E-state index < -0.39 is 0 Å². The number of benzene rings is 2. The van der Waals surface area contributed by atoms with Crippen molar-refractivity contribution in [1.82, 2.24) is 0 Å². The van der Waals surface area contributed by atoms with E-state index in [2.05, 4.69) is 67.3 Å². The minimum atomic E-state index is 0.921. The van der Waals surface area contributed by atoms with Crippen molar-refractivity contribution in [2.24, 2.45) is 0 Å². The lowest BCUT2D eigenvalue weighted by Gasteiger charge is -2.18. The molecule has 0 bridgehead atoms. The summed E-state index contributed by atoms with van der Waals surface area (Å²) in [6.45, 7) is 4.24. The maximum atomic E-state index is 4.24. The lowest BCUT2D eigenvalue weighted by Crippen LogP contribution is -1.96. The molecular weight excluding hydrogens is 228 g/mol. The Morgan fingerprint density at radius 3 is 1.84 bits per heavy atom. The normalized spacial score (nSPS) is 14.8. The van der Waals surface area contributed by atoms with E-state index in [9.17, 15) is 0 Å². The van der Waals surface area contributed by atoms with Crippen LogP contribution in [0.3, 0.4) is 0 Å². The van der Waals surface area contributed by atoms with Crippen LogP contribution in [0.1, 0.15) is 17.5 Å². The van der Waals surface area contributed by atoms with Crippen LogP contribution in [0, 0.1) is 0 Å². The second kappa shape index (κ2) is 5.11. The first-order chi connectivity index (χ1) is 9.34. The molecule has 0 N–H and O–H groups in total. The zero-order chi connectivity index (χ0) is 13.1. The van der Waals surface area contributed by atoms with Crippen LogP contribution in [0.25, 0.3) is 11.1 Å². The van der Waals surface area contributed by atoms with Gasteiger partial charge >= 0.3 is 0 Å². The van der Waals surface area contributed by atoms with Gasteiger partial charge in [0.25, 0.3) is 0 Å². The van der Waals surface area contributed by atoms with E-state index in [0.29, 0.717) is 0 Å². The Labute approximate surface area is 114 Å². The van der Waals surface area contributed by atoms with Gasteiger partial charge in [0.1, 0.15) is 0 Å². The predicted octanol–water partition coefficient (Wildman–Crippen LogP) is 5.11. The molecule has 0 saturated carbocycles. The Kier molecular flexibility index (Phi) is 3.16. The molecule has 0 amide bonds. The third-order valence-electron chi connectivity index (χ3n) is 3.47. The molecule has 2 aromatic carbocycles. The van der Waals surface area contributed by atoms with Gasteiger partial charge in [0, 0.05) is 0 Å². The first-order valence-electron chi connectivity index (χ1n) is 6.54. The summed E-state index contributed by atoms with van der Waals surface area (Å²) in [7, 11) is 0. The van der Waals surface area contributed by atoms with Gasteiger partial charge in [-0.3, -0.25) is 0 Å². The van der Waals surface area contributed by atoms with Crippen LogP contribution in [0.5, 0.6) is 0 Å². The van der Waals surface area contributed by atoms with E-state index >= 15 is 0 Å². The highest BCUT2D eigenvalue weighted by Gasteiger charge is 2.12. The molecular formula is C19H16. The Balaban J connectivity index is 1.97. The molecule has 0 fully saturated rings. The number of allylic oxidation sites excluding steroid dienone is 5. The molecule has 0 radical (unpaired) electrons. The quantitative estimate of drug-likeness (QED) is 0.688. The molecule has 1 aliphatic carbocycles. The van der Waals surface area contributed by atoms with Crippen molar-refractivity contribution >= 4 is 11.1 Å². The highest BCUT2D eigenvalue weighted by Crippen LogP contribution is 2.34. The second-order valence-corrected chi connectivity index (χ2v) is 4.78. The first-order valence-corrected chi connectivity index (χ1v) is 6.54. The number of hydrogen-bond acceptors (Lipinski definition) is 0. The molecule has 0 unspecified atom stereocenters. The van der Waals surface area contributed by atoms with Gasteiger partial charge in [0.05, 0.1) is 0 Å². The molecule has 0 spiro atoms. The summed E-state index contributed by atoms with van der Waals surface area (Å²) in [5.41, 5.74) is 6.31. The van der Waals surface area contributed by atoms with Crippen molar-refractivity contribution in [3.8, 4) is 0 Å². The smallest absolute Gasteiger partial charge is 0.00196 e. The summed E-state index contributed by atoms with van der Waals surface area (Å²) >= 11 is 0. The third kappa shape index (κ3) is 2.43. The molecule has 0 heterocycles. The Morgan fingerprint density at radius 2 is 1.26 bits per heavy atom. The van der Waals surface area contributed by atoms with Gasteiger partial charge in [-0.1, -0.05) is 79.4 Å². The van der Waals surface area contributed by atoms with Gasteiger partial charge in [-0.15, -0.1) is 0 Å². The summed E-state index contributed by atoms with van der Waals surface area (Å²) in [4.78, 5) is 0. The zero-order valence-electron chi connectivity index (χ0n) is 10.8. The fourth-order valence-corrected chi connectivity index (χ4v) is 2.45. The van der Waals surface area contributed by atoms with Crippen molar-refractivity contribution < 1.29 is 0 Å². The van der Waals surface area contributed by atoms with Crippen molar-refractivity contribution in [3.63, 3.8) is 0 Å². The monoisotopic (exact) mass is 244 g/mol. The van der Waals surface area contributed by atoms with Crippen LogP contribution >= 0.6 is 0 Å². The maximum Gasteiger partial charge on any atom is -0.00196 e. The van der Waals surface area contributed by atoms with E-state index in [0.717, 1.165) is 6.42 Å². The van der Waals surface area contributed by atoms with Gasteiger partial charge in [-0.05, 0) is 34.3 Å². The van der Waals surface area contributed by atoms with E-state index in [-0.39, 0.29) is 0 Å². The molecule has 92 valence electrons. The minimum Gasteiger partial charge on any atom is -0.0949 e. The average molecular weight is 244 g/mol. The Bertz CT molecular complexity index is 643. The van der Waals surface area contributed by atoms with Gasteiger partial charge < -0.3 is 0 Å². The van der Waals surface area contributed by atoms with Crippen molar-refractivity contribution in [2.45, 2.75) is 6.42 Å². The van der Waals surface area contributed by atoms with Crippen LogP contribution in [0.4, 0.5) is 0 Å². The maximum absolute atomic E-state index is 4.24. The average Bonchev–Trinajstić information content (AvgIpc) is 2.49. The third-order valence-corrected chi connectivity index (χ3v) is 3.47. The molecule has 0 aromatic heterocycles. The largest absolute Gasteiger partial charge is 0.0949 e. The highest BCUT2D eigenvalue weighted by atomic mass is 14.2. The van der Waals surface area contributed by atoms with Crippen LogP contribution in [0.15, 0.2) is 85.0 Å². The molecule has 1 aliphatic rings. The molecule has 0 aliphatic heterocycles. The van der Waals surface area contributed by atoms with Crippen molar-refractivity contribution in [2.75, 3.05) is 0 Å². The van der Waals surface area contributed by atoms with Crippen LogP contribution in [0.2, 0.25) is 0 Å². The molecule has 2 aromatic rings. The minimum absolute atomic E-state index is 0.921. The van der Waals surface area contributed by atoms with Gasteiger partial charge in [0.2, 0.25) is 0 Å². The van der Waals surface area contributed by atoms with E-state index in [1.807, 2.05) is 12.1 Å². The van der Waals surface area contributed by atoms with Gasteiger partial charge in [0.15, 0.2) is 0 Å². The molecule has 0 atom stereocenters. The summed E-state index contributed by atoms with van der Waals surface area (Å²) in [5.74, 6) is 0. The fraction of sp³-hybridized carbons (Fsp3) is 0.0526. The topological polar surface area (TPSA) is 0 Å². The fourth-order valence-electron chi connectivity index (χ4n) is 2.45. The van der Waals surface area contributed by atoms with Gasteiger partial charge in [-0.25, -0.2) is 0 Å². The zero-order valence-corrected chi connectivity index (χ0v) is 10.8. The summed E-state index contributed by atoms with van der Waals surface area (Å²) in [6.07, 6.45) is 5.32. The lowest BCUT2D eigenvalue weighted by molar-refractivity contribution is 1.29. The molecule has 0 nitrogen and oxygen atoms in total. The number of rotatable bonds is 2. The van der Waals surface area contributed by atoms with E-state index in [4.69, 9.17) is 0 Å². The lowest BCUT2D eigenvalue weighted by atomic mass is 9.87.